The minimum absolute atomic E-state index is 0.287. The minimum atomic E-state index is -2.60. The molecule has 4 nitrogen and oxygen atoms in total. The Morgan fingerprint density at radius 3 is 1.82 bits per heavy atom. The summed E-state index contributed by atoms with van der Waals surface area (Å²) in [7, 11) is -2.60. The van der Waals surface area contributed by atoms with E-state index in [1.165, 1.54) is 0 Å². The van der Waals surface area contributed by atoms with Crippen LogP contribution in [0.25, 0.3) is 0 Å². The van der Waals surface area contributed by atoms with Gasteiger partial charge in [0.25, 0.3) is 10.8 Å². The van der Waals surface area contributed by atoms with Crippen LogP contribution in [0.5, 0.6) is 0 Å². The molecule has 0 saturated carbocycles. The first-order valence-corrected chi connectivity index (χ1v) is 4.05. The summed E-state index contributed by atoms with van der Waals surface area (Å²) in [5, 5.41) is 0. The van der Waals surface area contributed by atoms with Crippen LogP contribution in [-0.4, -0.2) is 10.4 Å². The van der Waals surface area contributed by atoms with Gasteiger partial charge in [-0.1, -0.05) is 13.8 Å². The van der Waals surface area contributed by atoms with Gasteiger partial charge in [0.1, 0.15) is 5.78 Å². The molecule has 0 amide bonds. The molecule has 0 aromatic carbocycles. The van der Waals surface area contributed by atoms with Gasteiger partial charge >= 0.3 is 0 Å². The molecular weight excluding hydrogens is 172 g/mol. The Morgan fingerprint density at radius 1 is 1.55 bits per heavy atom. The monoisotopic (exact) mass is 184 g/mol. The Kier molecular flexibility index (Phi) is 9.70. The Morgan fingerprint density at radius 2 is 1.82 bits per heavy atom. The Hall–Kier alpha value is -0.160. The number of carbonyl (C=O) groups is 1. The maximum atomic E-state index is 10.3. The quantitative estimate of drug-likeness (QED) is 0.578. The summed E-state index contributed by atoms with van der Waals surface area (Å²) in [4.78, 5) is 10.3. The summed E-state index contributed by atoms with van der Waals surface area (Å²) >= 11 is 0. The highest BCUT2D eigenvalue weighted by atomic mass is 35.6. The lowest BCUT2D eigenvalue weighted by Crippen LogP contribution is -2.30. The van der Waals surface area contributed by atoms with Crippen molar-refractivity contribution in [2.45, 2.75) is 27.2 Å². The van der Waals surface area contributed by atoms with E-state index in [0.29, 0.717) is 5.92 Å². The van der Waals surface area contributed by atoms with E-state index in [-0.39, 0.29) is 5.78 Å². The van der Waals surface area contributed by atoms with E-state index in [9.17, 15) is 4.79 Å². The molecule has 5 heteroatoms. The molecular formula is C6H13ClO4. The Labute approximate surface area is 69.2 Å². The Bertz CT molecular complexity index is 100. The summed E-state index contributed by atoms with van der Waals surface area (Å²) < 4.78 is 24.0. The fraction of sp³-hybridized carbons (Fsp3) is 0.833. The van der Waals surface area contributed by atoms with Crippen LogP contribution in [0, 0.1) is 16.7 Å². The van der Waals surface area contributed by atoms with Crippen molar-refractivity contribution in [1.29, 1.82) is 0 Å². The zero-order chi connectivity index (χ0) is 9.44. The van der Waals surface area contributed by atoms with E-state index in [4.69, 9.17) is 14.0 Å². The van der Waals surface area contributed by atoms with Crippen LogP contribution >= 0.6 is 0 Å². The van der Waals surface area contributed by atoms with Crippen LogP contribution in [0.4, 0.5) is 0 Å². The number of carbonyl (C=O) groups excluding carboxylic acids is 1. The van der Waals surface area contributed by atoms with E-state index < -0.39 is 10.8 Å². The van der Waals surface area contributed by atoms with Gasteiger partial charge in [0.05, 0.1) is 0 Å². The number of hydrogen-bond acceptors (Lipinski definition) is 4. The molecule has 0 aliphatic carbocycles. The van der Waals surface area contributed by atoms with Crippen LogP contribution in [0.15, 0.2) is 0 Å². The second-order valence-electron chi connectivity index (χ2n) is 2.50. The van der Waals surface area contributed by atoms with Gasteiger partial charge in [0, 0.05) is 11.1 Å². The van der Waals surface area contributed by atoms with Crippen molar-refractivity contribution in [3.05, 3.63) is 0 Å². The summed E-state index contributed by atoms with van der Waals surface area (Å²) in [6.07, 6.45) is 0.722. The van der Waals surface area contributed by atoms with Crippen LogP contribution in [0.3, 0.4) is 0 Å². The molecule has 0 radical (unpaired) electrons. The predicted molar refractivity (Wildman–Crippen MR) is 32.4 cm³/mol. The van der Waals surface area contributed by atoms with Crippen molar-refractivity contribution in [1.82, 2.24) is 0 Å². The number of ketones is 1. The second-order valence-corrected chi connectivity index (χ2v) is 2.90. The SMILES string of the molecule is CC(=O)CC(C)C.[O-][Cl+2]([O-])O. The molecule has 0 aromatic rings. The lowest BCUT2D eigenvalue weighted by Gasteiger charge is -1.95. The summed E-state index contributed by atoms with van der Waals surface area (Å²) in [6, 6.07) is 0. The zero-order valence-electron chi connectivity index (χ0n) is 6.83. The third kappa shape index (κ3) is 41.0. The molecule has 0 saturated heterocycles. The highest BCUT2D eigenvalue weighted by Gasteiger charge is 1.95. The average molecular weight is 185 g/mol. The lowest BCUT2D eigenvalue weighted by atomic mass is 10.1. The van der Waals surface area contributed by atoms with E-state index in [1.54, 1.807) is 6.92 Å². The van der Waals surface area contributed by atoms with Crippen molar-refractivity contribution in [3.63, 3.8) is 0 Å². The van der Waals surface area contributed by atoms with E-state index >= 15 is 0 Å². The maximum absolute atomic E-state index is 10.3. The smallest absolute Gasteiger partial charge is 0.282 e. The largest absolute Gasteiger partial charge is 0.321 e. The van der Waals surface area contributed by atoms with Gasteiger partial charge < -0.3 is 14.1 Å². The molecule has 68 valence electrons. The van der Waals surface area contributed by atoms with Gasteiger partial charge in [-0.25, -0.2) is 0 Å². The molecule has 11 heavy (non-hydrogen) atoms. The maximum Gasteiger partial charge on any atom is 0.282 e. The molecule has 0 spiro atoms. The predicted octanol–water partition coefficient (Wildman–Crippen LogP) is -1.31. The van der Waals surface area contributed by atoms with E-state index in [1.807, 2.05) is 13.8 Å². The topological polar surface area (TPSA) is 83.4 Å². The van der Waals surface area contributed by atoms with Gasteiger partial charge in [0.15, 0.2) is 0 Å². The molecule has 1 N–H and O–H groups in total. The minimum Gasteiger partial charge on any atom is -0.321 e. The van der Waals surface area contributed by atoms with Crippen LogP contribution < -0.4 is 9.32 Å². The normalized spacial score (nSPS) is 9.45. The summed E-state index contributed by atoms with van der Waals surface area (Å²) in [6.45, 7) is 5.71. The summed E-state index contributed by atoms with van der Waals surface area (Å²) in [5.74, 6) is 0.813. The molecule has 0 atom stereocenters. The molecule has 0 aliphatic rings. The molecule has 0 aromatic heterocycles. The van der Waals surface area contributed by atoms with Crippen molar-refractivity contribution in [2.24, 2.45) is 5.92 Å². The number of Topliss-reactive ketones (excluding diaryl/α,β-unsaturated/α-hetero) is 1. The summed E-state index contributed by atoms with van der Waals surface area (Å²) in [5.41, 5.74) is 0. The Balaban J connectivity index is 0. The molecule has 0 fully saturated rings. The average Bonchev–Trinajstić information content (AvgIpc) is 1.56. The van der Waals surface area contributed by atoms with Crippen molar-refractivity contribution in [2.75, 3.05) is 0 Å². The third-order valence-corrected chi connectivity index (χ3v) is 0.696. The van der Waals surface area contributed by atoms with Gasteiger partial charge in [-0.2, -0.15) is 0 Å². The van der Waals surface area contributed by atoms with Crippen LogP contribution in [0.1, 0.15) is 27.2 Å². The van der Waals surface area contributed by atoms with Crippen molar-refractivity contribution in [3.8, 4) is 0 Å². The number of halogens is 1. The molecule has 0 aliphatic heterocycles. The number of hydrogen-bond donors (Lipinski definition) is 1. The lowest BCUT2D eigenvalue weighted by molar-refractivity contribution is -1.63. The van der Waals surface area contributed by atoms with Crippen LogP contribution in [0.2, 0.25) is 0 Å². The van der Waals surface area contributed by atoms with Crippen molar-refractivity contribution >= 4 is 5.78 Å². The van der Waals surface area contributed by atoms with Gasteiger partial charge in [-0.15, -0.1) is 0 Å². The van der Waals surface area contributed by atoms with E-state index in [2.05, 4.69) is 0 Å². The fourth-order valence-corrected chi connectivity index (χ4v) is 0.575. The van der Waals surface area contributed by atoms with Crippen LogP contribution in [-0.2, 0) is 4.79 Å². The standard InChI is InChI=1S/C6H12O.ClHO3/c1-5(2)4-6(3)7;2-1(3)4/h5H,4H2,1-3H3;2H. The van der Waals surface area contributed by atoms with Gasteiger partial charge in [-0.3, -0.25) is 0 Å². The first-order valence-electron chi connectivity index (χ1n) is 3.10. The second kappa shape index (κ2) is 7.94. The highest BCUT2D eigenvalue weighted by molar-refractivity contribution is 5.75. The van der Waals surface area contributed by atoms with Gasteiger partial charge in [-0.05, 0) is 12.8 Å². The highest BCUT2D eigenvalue weighted by Crippen LogP contribution is 1.97. The van der Waals surface area contributed by atoms with Gasteiger partial charge in [0.2, 0.25) is 0 Å². The molecule has 0 rings (SSSR count). The zero-order valence-corrected chi connectivity index (χ0v) is 7.59. The van der Waals surface area contributed by atoms with Crippen molar-refractivity contribution < 1.29 is 29.6 Å². The first-order chi connectivity index (χ1) is 4.86. The molecule has 0 heterocycles. The first kappa shape index (κ1) is 13.4. The van der Waals surface area contributed by atoms with E-state index in [0.717, 1.165) is 6.42 Å². The number of rotatable bonds is 2. The molecule has 0 bridgehead atoms. The fourth-order valence-electron chi connectivity index (χ4n) is 0.575. The third-order valence-electron chi connectivity index (χ3n) is 0.696. The molecule has 0 unspecified atom stereocenters.